The molecule has 0 radical (unpaired) electrons. The summed E-state index contributed by atoms with van der Waals surface area (Å²) in [4.78, 5) is 56.8. The van der Waals surface area contributed by atoms with E-state index < -0.39 is 48.0 Å². The average molecular weight is 894 g/mol. The summed E-state index contributed by atoms with van der Waals surface area (Å²) in [6.07, 6.45) is 3.10. The number of anilines is 2. The molecule has 0 atom stereocenters. The SMILES string of the molecule is C=CC(=O)NC1=CC(=NNc2cc([N+](=O)[O-])ccc2O)C(=O)c2ccccc21.O=C1C=C(S(=O)(=O)O)c2cc([N+](=O)[O-])ccc2/C1=N\Nc1ccc2ccccc2c1O.[Cr].[H+].[Na+]. The van der Waals surface area contributed by atoms with Crippen LogP contribution in [0.15, 0.2) is 132 Å². The van der Waals surface area contributed by atoms with Crippen LogP contribution in [0.5, 0.6) is 11.5 Å². The Labute approximate surface area is 378 Å². The van der Waals surface area contributed by atoms with Crippen molar-refractivity contribution in [3.05, 3.63) is 164 Å². The maximum Gasteiger partial charge on any atom is 1.00 e. The van der Waals surface area contributed by atoms with Crippen molar-refractivity contribution >= 4 is 83.1 Å². The number of phenolic OH excluding ortho intramolecular Hbond substituents is 2. The summed E-state index contributed by atoms with van der Waals surface area (Å²) in [7, 11) is -4.83. The first-order valence-corrected chi connectivity index (χ1v) is 18.2. The zero-order chi connectivity index (χ0) is 42.6. The fourth-order valence-corrected chi connectivity index (χ4v) is 6.50. The molecule has 5 aromatic rings. The van der Waals surface area contributed by atoms with Gasteiger partial charge in [-0.2, -0.15) is 18.6 Å². The van der Waals surface area contributed by atoms with Crippen molar-refractivity contribution in [1.82, 2.24) is 5.32 Å². The summed E-state index contributed by atoms with van der Waals surface area (Å²) in [5.74, 6) is -2.10. The second kappa shape index (κ2) is 19.5. The number of rotatable bonds is 9. The van der Waals surface area contributed by atoms with Gasteiger partial charge >= 0.3 is 31.0 Å². The van der Waals surface area contributed by atoms with Crippen molar-refractivity contribution in [2.24, 2.45) is 10.2 Å². The van der Waals surface area contributed by atoms with Crippen LogP contribution < -0.4 is 45.7 Å². The summed E-state index contributed by atoms with van der Waals surface area (Å²) >= 11 is 0. The second-order valence-corrected chi connectivity index (χ2v) is 13.7. The fourth-order valence-electron chi connectivity index (χ4n) is 5.80. The maximum atomic E-state index is 12.7. The van der Waals surface area contributed by atoms with E-state index in [1.54, 1.807) is 54.6 Å². The van der Waals surface area contributed by atoms with Crippen molar-refractivity contribution < 1.29 is 95.8 Å². The molecule has 2 aliphatic carbocycles. The molecule has 22 heteroatoms. The minimum atomic E-state index is -4.83. The Bertz CT molecular complexity index is 2920. The summed E-state index contributed by atoms with van der Waals surface area (Å²) in [5.41, 5.74) is 5.14. The number of Topliss-reactive ketones (excluding diaryl/α,β-unsaturated/α-hetero) is 1. The Morgan fingerprint density at radius 1 is 0.770 bits per heavy atom. The van der Waals surface area contributed by atoms with Gasteiger partial charge in [0.05, 0.1) is 21.2 Å². The number of fused-ring (bicyclic) bond motifs is 3. The molecule has 0 aromatic heterocycles. The molecule has 0 bridgehead atoms. The number of amides is 1. The number of ketones is 2. The number of hydrogen-bond donors (Lipinski definition) is 6. The van der Waals surface area contributed by atoms with Crippen molar-refractivity contribution in [2.45, 2.75) is 0 Å². The van der Waals surface area contributed by atoms with Gasteiger partial charge in [-0.1, -0.05) is 61.2 Å². The van der Waals surface area contributed by atoms with E-state index in [0.29, 0.717) is 28.3 Å². The Hall–Kier alpha value is -6.83. The summed E-state index contributed by atoms with van der Waals surface area (Å²) in [6.45, 7) is 3.39. The number of nitrogens with one attached hydrogen (secondary N) is 3. The van der Waals surface area contributed by atoms with Gasteiger partial charge in [0.25, 0.3) is 21.5 Å². The average Bonchev–Trinajstić information content (AvgIpc) is 3.21. The molecule has 0 saturated carbocycles. The fraction of sp³-hybridized carbons (Fsp3) is 0. The Kier molecular flexibility index (Phi) is 15.0. The Morgan fingerprint density at radius 3 is 2.07 bits per heavy atom. The number of hydrogen-bond acceptors (Lipinski definition) is 15. The van der Waals surface area contributed by atoms with Gasteiger partial charge < -0.3 is 15.5 Å². The first-order chi connectivity index (χ1) is 28.1. The van der Waals surface area contributed by atoms with E-state index in [1.165, 1.54) is 12.1 Å². The molecule has 19 nitrogen and oxygen atoms in total. The van der Waals surface area contributed by atoms with E-state index in [1.807, 2.05) is 6.07 Å². The second-order valence-electron chi connectivity index (χ2n) is 12.3. The molecule has 7 rings (SSSR count). The number of nitro benzene ring substituents is 2. The number of phenols is 2. The van der Waals surface area contributed by atoms with Crippen molar-refractivity contribution in [1.29, 1.82) is 0 Å². The van der Waals surface area contributed by atoms with Crippen LogP contribution in [0.2, 0.25) is 0 Å². The molecule has 5 aromatic carbocycles. The largest absolute Gasteiger partial charge is 1.00 e. The third-order valence-corrected chi connectivity index (χ3v) is 9.50. The van der Waals surface area contributed by atoms with Gasteiger partial charge in [-0.25, -0.2) is 0 Å². The van der Waals surface area contributed by atoms with Crippen molar-refractivity contribution in [3.8, 4) is 11.5 Å². The van der Waals surface area contributed by atoms with Crippen LogP contribution in [0.1, 0.15) is 28.5 Å². The number of carbonyl (C=O) groups excluding carboxylic acids is 3. The predicted molar refractivity (Wildman–Crippen MR) is 217 cm³/mol. The number of nitro groups is 2. The molecule has 0 heterocycles. The number of carbonyl (C=O) groups is 3. The van der Waals surface area contributed by atoms with Gasteiger partial charge in [0.15, 0.2) is 0 Å². The molecule has 0 unspecified atom stereocenters. The topological polar surface area (TPSA) is 293 Å². The number of aromatic hydroxyl groups is 2. The standard InChI is InChI=1S/C20H13N3O7S.C19H14N4O5.Cr.Na/c24-17-10-18(31(28,29)30)15-9-12(23(26)27)6-7-14(15)19(17)22-21-16-8-5-11-3-1-2-4-13(11)20(16)25;1-2-18(25)20-14-10-16(19(26)13-6-4-3-5-12(13)14)22-21-15-9-11(23(27)28)7-8-17(15)24;;/h1-10,21,25H,(H,28,29,30);2-10,21,24H,1H2,(H,20,25);;/q;;;+1/p+1/b22-19+;;;. The molecule has 0 aliphatic heterocycles. The van der Waals surface area contributed by atoms with Crippen LogP contribution in [-0.4, -0.2) is 61.9 Å². The van der Waals surface area contributed by atoms with E-state index in [9.17, 15) is 57.8 Å². The summed E-state index contributed by atoms with van der Waals surface area (Å²) in [5, 5.41) is 54.2. The van der Waals surface area contributed by atoms with E-state index in [4.69, 9.17) is 0 Å². The van der Waals surface area contributed by atoms with E-state index in [2.05, 4.69) is 33.0 Å². The van der Waals surface area contributed by atoms with Crippen LogP contribution in [0.3, 0.4) is 0 Å². The van der Waals surface area contributed by atoms with Gasteiger partial charge in [0, 0.05) is 75.3 Å². The first-order valence-electron chi connectivity index (χ1n) is 16.7. The van der Waals surface area contributed by atoms with Crippen LogP contribution in [0.4, 0.5) is 22.7 Å². The zero-order valence-corrected chi connectivity index (χ0v) is 35.4. The first kappa shape index (κ1) is 46.9. The van der Waals surface area contributed by atoms with Gasteiger partial charge in [0.2, 0.25) is 17.5 Å². The minimum Gasteiger partial charge on any atom is -0.506 e. The monoisotopic (exact) mass is 893 g/mol. The quantitative estimate of drug-likeness (QED) is 0.0310. The van der Waals surface area contributed by atoms with Gasteiger partial charge in [0.1, 0.15) is 33.5 Å². The van der Waals surface area contributed by atoms with Crippen molar-refractivity contribution in [3.63, 3.8) is 0 Å². The minimum absolute atomic E-state index is 0. The zero-order valence-electron chi connectivity index (χ0n) is 32.3. The van der Waals surface area contributed by atoms with Crippen LogP contribution in [-0.2, 0) is 37.1 Å². The summed E-state index contributed by atoms with van der Waals surface area (Å²) < 4.78 is 32.9. The smallest absolute Gasteiger partial charge is 0.506 e. The molecule has 2 aliphatic rings. The molecule has 302 valence electrons. The molecule has 61 heavy (non-hydrogen) atoms. The number of nitrogens with zero attached hydrogens (tertiary/aromatic N) is 4. The molecular weight excluding hydrogens is 866 g/mol. The number of allylic oxidation sites excluding steroid dienone is 2. The number of non-ortho nitro benzene ring substituents is 2. The molecule has 0 fully saturated rings. The normalized spacial score (nSPS) is 14.0. The molecule has 6 N–H and O–H groups in total. The van der Waals surface area contributed by atoms with E-state index >= 15 is 0 Å². The van der Waals surface area contributed by atoms with Gasteiger partial charge in [-0.05, 0) is 35.7 Å². The molecule has 0 spiro atoms. The third kappa shape index (κ3) is 10.3. The Balaban J connectivity index is 0.000000317. The predicted octanol–water partition coefficient (Wildman–Crippen LogP) is 2.80. The molecule has 0 saturated heterocycles. The van der Waals surface area contributed by atoms with E-state index in [0.717, 1.165) is 41.8 Å². The third-order valence-electron chi connectivity index (χ3n) is 8.60. The summed E-state index contributed by atoms with van der Waals surface area (Å²) in [6, 6.07) is 23.6. The number of hydrazone groups is 2. The van der Waals surface area contributed by atoms with Crippen LogP contribution in [0, 0.1) is 20.2 Å². The van der Waals surface area contributed by atoms with Gasteiger partial charge in [-0.15, -0.1) is 0 Å². The molecular formula is C39H28CrN7NaO12S+2. The Morgan fingerprint density at radius 2 is 1.39 bits per heavy atom. The van der Waals surface area contributed by atoms with Crippen LogP contribution >= 0.6 is 0 Å². The van der Waals surface area contributed by atoms with Gasteiger partial charge in [-0.3, -0.25) is 50.0 Å². The van der Waals surface area contributed by atoms with Crippen LogP contribution in [0.25, 0.3) is 21.4 Å². The maximum absolute atomic E-state index is 12.7. The van der Waals surface area contributed by atoms with Crippen molar-refractivity contribution in [2.75, 3.05) is 10.9 Å². The van der Waals surface area contributed by atoms with E-state index in [-0.39, 0.29) is 99.5 Å². The number of benzene rings is 5. The molecule has 1 amide bonds.